The molecule has 2 aromatic rings. The first kappa shape index (κ1) is 17.3. The molecular formula is C17H23N5O3. The van der Waals surface area contributed by atoms with E-state index in [0.29, 0.717) is 24.5 Å². The molecule has 0 spiro atoms. The predicted octanol–water partition coefficient (Wildman–Crippen LogP) is 0.981. The van der Waals surface area contributed by atoms with Crippen molar-refractivity contribution in [3.05, 3.63) is 45.4 Å². The van der Waals surface area contributed by atoms with E-state index in [1.807, 2.05) is 18.5 Å². The number of carbonyl (C=O) groups is 1. The summed E-state index contributed by atoms with van der Waals surface area (Å²) < 4.78 is 6.88. The van der Waals surface area contributed by atoms with E-state index >= 15 is 0 Å². The van der Waals surface area contributed by atoms with Crippen LogP contribution in [0, 0.1) is 0 Å². The van der Waals surface area contributed by atoms with Gasteiger partial charge in [-0.1, -0.05) is 13.8 Å². The Kier molecular flexibility index (Phi) is 4.98. The molecule has 25 heavy (non-hydrogen) atoms. The first-order valence-electron chi connectivity index (χ1n) is 8.43. The molecule has 8 nitrogen and oxygen atoms in total. The molecule has 0 saturated heterocycles. The number of carbonyl (C=O) groups excluding carboxylic acids is 1. The number of pyridine rings is 1. The predicted molar refractivity (Wildman–Crippen MR) is 91.5 cm³/mol. The third kappa shape index (κ3) is 3.96. The fourth-order valence-electron chi connectivity index (χ4n) is 2.94. The number of H-pyrrole nitrogens is 1. The highest BCUT2D eigenvalue weighted by Crippen LogP contribution is 2.15. The summed E-state index contributed by atoms with van der Waals surface area (Å²) >= 11 is 0. The highest BCUT2D eigenvalue weighted by molar-refractivity contribution is 5.94. The number of fused-ring (bicyclic) bond motifs is 1. The van der Waals surface area contributed by atoms with E-state index < -0.39 is 0 Å². The highest BCUT2D eigenvalue weighted by Gasteiger charge is 2.23. The van der Waals surface area contributed by atoms with Gasteiger partial charge in [0, 0.05) is 36.9 Å². The number of aryl methyl sites for hydroxylation is 1. The Morgan fingerprint density at radius 1 is 1.48 bits per heavy atom. The van der Waals surface area contributed by atoms with Crippen molar-refractivity contribution in [2.24, 2.45) is 0 Å². The minimum Gasteiger partial charge on any atom is -0.377 e. The Bertz CT molecular complexity index is 824. The molecule has 2 N–H and O–H groups in total. The van der Waals surface area contributed by atoms with Gasteiger partial charge in [0.1, 0.15) is 12.4 Å². The van der Waals surface area contributed by atoms with Crippen molar-refractivity contribution in [1.82, 2.24) is 25.1 Å². The van der Waals surface area contributed by atoms with Crippen LogP contribution in [0.5, 0.6) is 0 Å². The average molecular weight is 345 g/mol. The molecule has 1 amide bonds. The Morgan fingerprint density at radius 2 is 2.28 bits per heavy atom. The quantitative estimate of drug-likeness (QED) is 0.841. The van der Waals surface area contributed by atoms with Gasteiger partial charge in [-0.25, -0.2) is 9.67 Å². The Hall–Kier alpha value is -2.48. The van der Waals surface area contributed by atoms with Crippen LogP contribution in [0.4, 0.5) is 0 Å². The van der Waals surface area contributed by atoms with E-state index in [0.717, 1.165) is 24.4 Å². The number of hydrogen-bond acceptors (Lipinski definition) is 5. The van der Waals surface area contributed by atoms with Crippen LogP contribution in [-0.2, 0) is 24.3 Å². The summed E-state index contributed by atoms with van der Waals surface area (Å²) in [4.78, 5) is 31.5. The van der Waals surface area contributed by atoms with Crippen LogP contribution in [0.15, 0.2) is 16.9 Å². The van der Waals surface area contributed by atoms with Gasteiger partial charge in [0.05, 0.1) is 6.54 Å². The summed E-state index contributed by atoms with van der Waals surface area (Å²) in [6.07, 6.45) is 1.53. The molecule has 1 aliphatic rings. The molecule has 3 rings (SSSR count). The second kappa shape index (κ2) is 7.18. The maximum Gasteiger partial charge on any atom is 0.251 e. The number of rotatable bonds is 5. The third-order valence-corrected chi connectivity index (χ3v) is 4.26. The maximum atomic E-state index is 12.5. The second-order valence-corrected chi connectivity index (χ2v) is 6.61. The smallest absolute Gasteiger partial charge is 0.251 e. The summed E-state index contributed by atoms with van der Waals surface area (Å²) in [7, 11) is 1.61. The Labute approximate surface area is 145 Å². The lowest BCUT2D eigenvalue weighted by atomic mass is 10.1. The standard InChI is InChI=1S/C17H23N5O3/c1-10(2)13-6-11(7-16(23)19-13)17(24)18-12-4-5-15-20-14(9-25-3)21-22(15)8-12/h6-7,10,12H,4-5,8-9H2,1-3H3,(H,18,24)(H,19,23). The third-order valence-electron chi connectivity index (χ3n) is 4.26. The van der Waals surface area contributed by atoms with E-state index in [1.54, 1.807) is 13.2 Å². The summed E-state index contributed by atoms with van der Waals surface area (Å²) in [5.41, 5.74) is 0.878. The number of nitrogens with one attached hydrogen (secondary N) is 2. The minimum absolute atomic E-state index is 0.0427. The van der Waals surface area contributed by atoms with E-state index in [9.17, 15) is 9.59 Å². The molecule has 1 aliphatic heterocycles. The highest BCUT2D eigenvalue weighted by atomic mass is 16.5. The van der Waals surface area contributed by atoms with Crippen molar-refractivity contribution in [1.29, 1.82) is 0 Å². The van der Waals surface area contributed by atoms with Crippen LogP contribution in [0.1, 0.15) is 53.9 Å². The fourth-order valence-corrected chi connectivity index (χ4v) is 2.94. The molecule has 3 heterocycles. The lowest BCUT2D eigenvalue weighted by Gasteiger charge is -2.23. The molecule has 0 aromatic carbocycles. The normalized spacial score (nSPS) is 16.7. The van der Waals surface area contributed by atoms with Gasteiger partial charge in [0.2, 0.25) is 5.56 Å². The molecule has 0 saturated carbocycles. The Morgan fingerprint density at radius 3 is 3.00 bits per heavy atom. The van der Waals surface area contributed by atoms with Crippen LogP contribution < -0.4 is 10.9 Å². The van der Waals surface area contributed by atoms with Crippen molar-refractivity contribution in [3.63, 3.8) is 0 Å². The SMILES string of the molecule is COCc1nc2n(n1)CC(NC(=O)c1cc(C(C)C)[nH]c(=O)c1)CC2. The second-order valence-electron chi connectivity index (χ2n) is 6.61. The number of nitrogens with zero attached hydrogens (tertiary/aromatic N) is 3. The van der Waals surface area contributed by atoms with E-state index in [1.165, 1.54) is 6.07 Å². The van der Waals surface area contributed by atoms with E-state index in [-0.39, 0.29) is 23.4 Å². The van der Waals surface area contributed by atoms with Crippen molar-refractivity contribution >= 4 is 5.91 Å². The molecule has 0 fully saturated rings. The maximum absolute atomic E-state index is 12.5. The topological polar surface area (TPSA) is 102 Å². The number of aromatic amines is 1. The minimum atomic E-state index is -0.261. The number of hydrogen-bond donors (Lipinski definition) is 2. The summed E-state index contributed by atoms with van der Waals surface area (Å²) in [5.74, 6) is 1.47. The zero-order valence-electron chi connectivity index (χ0n) is 14.7. The van der Waals surface area contributed by atoms with Crippen LogP contribution in [-0.4, -0.2) is 38.8 Å². The van der Waals surface area contributed by atoms with Gasteiger partial charge in [-0.3, -0.25) is 9.59 Å². The van der Waals surface area contributed by atoms with Crippen molar-refractivity contribution in [2.75, 3.05) is 7.11 Å². The van der Waals surface area contributed by atoms with Gasteiger partial charge in [-0.2, -0.15) is 5.10 Å². The summed E-state index contributed by atoms with van der Waals surface area (Å²) in [6, 6.07) is 3.03. The molecule has 1 unspecified atom stereocenters. The van der Waals surface area contributed by atoms with Gasteiger partial charge in [0.15, 0.2) is 5.82 Å². The lowest BCUT2D eigenvalue weighted by Crippen LogP contribution is -2.41. The number of methoxy groups -OCH3 is 1. The monoisotopic (exact) mass is 345 g/mol. The van der Waals surface area contributed by atoms with Gasteiger partial charge >= 0.3 is 0 Å². The molecule has 2 aromatic heterocycles. The summed E-state index contributed by atoms with van der Waals surface area (Å²) in [5, 5.41) is 7.40. The first-order valence-corrected chi connectivity index (χ1v) is 8.43. The van der Waals surface area contributed by atoms with Crippen LogP contribution in [0.2, 0.25) is 0 Å². The molecule has 0 bridgehead atoms. The zero-order valence-corrected chi connectivity index (χ0v) is 14.7. The zero-order chi connectivity index (χ0) is 18.0. The molecule has 0 radical (unpaired) electrons. The fraction of sp³-hybridized carbons (Fsp3) is 0.529. The van der Waals surface area contributed by atoms with Gasteiger partial charge in [0.25, 0.3) is 5.91 Å². The van der Waals surface area contributed by atoms with Gasteiger partial charge in [-0.05, 0) is 18.4 Å². The van der Waals surface area contributed by atoms with Crippen LogP contribution >= 0.6 is 0 Å². The van der Waals surface area contributed by atoms with E-state index in [4.69, 9.17) is 4.74 Å². The molecule has 134 valence electrons. The number of amides is 1. The van der Waals surface area contributed by atoms with Crippen LogP contribution in [0.3, 0.4) is 0 Å². The lowest BCUT2D eigenvalue weighted by molar-refractivity contribution is 0.0925. The molecule has 0 aliphatic carbocycles. The van der Waals surface area contributed by atoms with Gasteiger partial charge in [-0.15, -0.1) is 0 Å². The average Bonchev–Trinajstić information content (AvgIpc) is 2.96. The number of aromatic nitrogens is 4. The van der Waals surface area contributed by atoms with Crippen LogP contribution in [0.25, 0.3) is 0 Å². The van der Waals surface area contributed by atoms with Crippen molar-refractivity contribution in [2.45, 2.75) is 51.8 Å². The first-order chi connectivity index (χ1) is 12.0. The van der Waals surface area contributed by atoms with E-state index in [2.05, 4.69) is 20.4 Å². The number of ether oxygens (including phenoxy) is 1. The van der Waals surface area contributed by atoms with Crippen molar-refractivity contribution in [3.8, 4) is 0 Å². The molecular weight excluding hydrogens is 322 g/mol. The van der Waals surface area contributed by atoms with Gasteiger partial charge < -0.3 is 15.0 Å². The summed E-state index contributed by atoms with van der Waals surface area (Å²) in [6.45, 7) is 4.88. The largest absolute Gasteiger partial charge is 0.377 e. The van der Waals surface area contributed by atoms with Crippen molar-refractivity contribution < 1.29 is 9.53 Å². The molecule has 1 atom stereocenters. The Balaban J connectivity index is 1.70. The molecule has 8 heteroatoms.